The van der Waals surface area contributed by atoms with Gasteiger partial charge in [0.1, 0.15) is 0 Å². The first-order chi connectivity index (χ1) is 5.33. The van der Waals surface area contributed by atoms with Crippen molar-refractivity contribution in [2.45, 2.75) is 26.2 Å². The third-order valence-electron chi connectivity index (χ3n) is 0.975. The number of nitrogens with one attached hydrogen (secondary N) is 1. The molecule has 0 spiro atoms. The van der Waals surface area contributed by atoms with Crippen molar-refractivity contribution in [3.05, 3.63) is 0 Å². The van der Waals surface area contributed by atoms with Crippen LogP contribution in [0.4, 0.5) is 4.70 Å². The second-order valence-electron chi connectivity index (χ2n) is 1.88. The van der Waals surface area contributed by atoms with Crippen molar-refractivity contribution >= 4 is 12.4 Å². The third kappa shape index (κ3) is 54.5. The summed E-state index contributed by atoms with van der Waals surface area (Å²) in [6.45, 7) is 3.13. The van der Waals surface area contributed by atoms with Gasteiger partial charge in [-0.15, -0.1) is 12.4 Å². The van der Waals surface area contributed by atoms with Gasteiger partial charge < -0.3 is 0 Å². The normalized spacial score (nSPS) is 5.85. The van der Waals surface area contributed by atoms with Gasteiger partial charge in [0.2, 0.25) is 0 Å². The molecule has 0 aromatic heterocycles. The summed E-state index contributed by atoms with van der Waals surface area (Å²) in [6, 6.07) is 2.47. The number of rotatable bonds is 4. The van der Waals surface area contributed by atoms with Crippen molar-refractivity contribution in [1.29, 1.82) is 10.5 Å². The fourth-order valence-corrected chi connectivity index (χ4v) is 0.477. The minimum atomic E-state index is 0. The van der Waals surface area contributed by atoms with Gasteiger partial charge in [0.05, 0.1) is 0 Å². The highest BCUT2D eigenvalue weighted by molar-refractivity contribution is 5.85. The zero-order valence-electron chi connectivity index (χ0n) is 7.62. The van der Waals surface area contributed by atoms with Crippen molar-refractivity contribution in [3.63, 3.8) is 0 Å². The van der Waals surface area contributed by atoms with Gasteiger partial charge >= 0.3 is 0 Å². The molecule has 0 aliphatic heterocycles. The largest absolute Gasteiger partial charge is 0.271 e. The number of hydrogen-bond donors (Lipinski definition) is 2. The first-order valence-electron chi connectivity index (χ1n) is 3.55. The summed E-state index contributed by atoms with van der Waals surface area (Å²) < 4.78 is 0. The minimum Gasteiger partial charge on any atom is -0.271 e. The van der Waals surface area contributed by atoms with E-state index in [1.165, 1.54) is 31.4 Å². The summed E-state index contributed by atoms with van der Waals surface area (Å²) in [7, 11) is 0. The van der Waals surface area contributed by atoms with E-state index in [2.05, 4.69) is 12.3 Å². The summed E-state index contributed by atoms with van der Waals surface area (Å²) in [4.78, 5) is 0. The predicted octanol–water partition coefficient (Wildman–Crippen LogP) is 1.25. The molecule has 0 saturated heterocycles. The van der Waals surface area contributed by atoms with Gasteiger partial charge in [-0.25, -0.2) is 0 Å². The molecule has 0 fully saturated rings. The fourth-order valence-electron chi connectivity index (χ4n) is 0.477. The van der Waals surface area contributed by atoms with Crippen molar-refractivity contribution < 1.29 is 4.70 Å². The summed E-state index contributed by atoms with van der Waals surface area (Å²) >= 11 is 0. The molecule has 0 rings (SSSR count). The lowest BCUT2D eigenvalue weighted by atomic mass is 10.3. The second kappa shape index (κ2) is 30.4. The molecule has 6 heteroatoms. The molecule has 78 valence electrons. The number of hydrazine groups is 1. The van der Waals surface area contributed by atoms with E-state index in [0.717, 1.165) is 6.54 Å². The Bertz CT molecular complexity index is 124. The van der Waals surface area contributed by atoms with Crippen LogP contribution in [0.2, 0.25) is 0 Å². The van der Waals surface area contributed by atoms with Crippen molar-refractivity contribution in [2.75, 3.05) is 6.54 Å². The van der Waals surface area contributed by atoms with Crippen LogP contribution in [-0.2, 0) is 0 Å². The van der Waals surface area contributed by atoms with Gasteiger partial charge in [-0.1, -0.05) is 19.8 Å². The topological polar surface area (TPSA) is 85.6 Å². The third-order valence-corrected chi connectivity index (χ3v) is 0.975. The molecule has 0 unspecified atom stereocenters. The lowest BCUT2D eigenvalue weighted by molar-refractivity contribution is 0.637. The maximum absolute atomic E-state index is 7.26. The molecule has 0 aliphatic rings. The van der Waals surface area contributed by atoms with Crippen LogP contribution in [0.1, 0.15) is 26.2 Å². The predicted molar refractivity (Wildman–Crippen MR) is 52.7 cm³/mol. The molecule has 0 heterocycles. The Hall–Kier alpha value is -0.880. The first kappa shape index (κ1) is 22.7. The van der Waals surface area contributed by atoms with Crippen LogP contribution in [-0.4, -0.2) is 6.54 Å². The lowest BCUT2D eigenvalue weighted by Gasteiger charge is -1.93. The highest BCUT2D eigenvalue weighted by Gasteiger charge is 1.79. The Morgan fingerprint density at radius 3 is 1.92 bits per heavy atom. The molecule has 3 N–H and O–H groups in total. The molecule has 0 atom stereocenters. The molecule has 0 bridgehead atoms. The van der Waals surface area contributed by atoms with Gasteiger partial charge in [0.25, 0.3) is 0 Å². The smallest absolute Gasteiger partial charge is 0.181 e. The molecule has 4 nitrogen and oxygen atoms in total. The minimum absolute atomic E-state index is 0. The van der Waals surface area contributed by atoms with Crippen molar-refractivity contribution in [2.24, 2.45) is 5.84 Å². The summed E-state index contributed by atoms with van der Waals surface area (Å²) in [5.41, 5.74) is 2.60. The van der Waals surface area contributed by atoms with Crippen molar-refractivity contribution in [1.82, 2.24) is 5.43 Å². The Labute approximate surface area is 84.5 Å². The van der Waals surface area contributed by atoms with Gasteiger partial charge in [0, 0.05) is 6.54 Å². The van der Waals surface area contributed by atoms with Gasteiger partial charge in [-0.2, -0.15) is 10.5 Å². The Kier molecular flexibility index (Phi) is 53.2. The van der Waals surface area contributed by atoms with Gasteiger partial charge in [-0.3, -0.25) is 16.0 Å². The molecular weight excluding hydrogens is 195 g/mol. The SMILES string of the molecule is CCCCCNN.Cl.F.N#CC#N. The molecule has 0 aromatic carbocycles. The standard InChI is InChI=1S/C5H14N2.C2N2.ClH.FH/c1-2-3-4-5-7-6;3-1-2-4;;/h7H,2-6H2,1H3;;2*1H. The quantitative estimate of drug-likeness (QED) is 0.416. The van der Waals surface area contributed by atoms with E-state index in [0.29, 0.717) is 0 Å². The average Bonchev–Trinajstić information content (AvgIpc) is 2.06. The highest BCUT2D eigenvalue weighted by atomic mass is 35.5. The Balaban J connectivity index is -0.0000000600. The zero-order chi connectivity index (χ0) is 8.95. The molecule has 0 radical (unpaired) electrons. The van der Waals surface area contributed by atoms with E-state index in [1.807, 2.05) is 0 Å². The molecule has 0 aromatic rings. The summed E-state index contributed by atoms with van der Waals surface area (Å²) in [5, 5.41) is 14.5. The fraction of sp³-hybridized carbons (Fsp3) is 0.714. The number of unbranched alkanes of at least 4 members (excludes halogenated alkanes) is 2. The summed E-state index contributed by atoms with van der Waals surface area (Å²) in [6.07, 6.45) is 3.75. The Morgan fingerprint density at radius 2 is 1.69 bits per heavy atom. The van der Waals surface area contributed by atoms with E-state index in [-0.39, 0.29) is 17.1 Å². The number of nitrogens with two attached hydrogens (primary N) is 1. The van der Waals surface area contributed by atoms with Crippen LogP contribution in [0.25, 0.3) is 0 Å². The number of hydrogen-bond acceptors (Lipinski definition) is 4. The van der Waals surface area contributed by atoms with Crippen LogP contribution in [0.5, 0.6) is 0 Å². The van der Waals surface area contributed by atoms with E-state index in [4.69, 9.17) is 16.4 Å². The zero-order valence-corrected chi connectivity index (χ0v) is 8.43. The monoisotopic (exact) mass is 210 g/mol. The highest BCUT2D eigenvalue weighted by Crippen LogP contribution is 1.89. The van der Waals surface area contributed by atoms with Crippen LogP contribution in [0, 0.1) is 22.7 Å². The van der Waals surface area contributed by atoms with E-state index >= 15 is 0 Å². The average molecular weight is 211 g/mol. The number of nitrogens with zero attached hydrogens (tertiary/aromatic N) is 2. The molecule has 0 amide bonds. The van der Waals surface area contributed by atoms with Crippen LogP contribution >= 0.6 is 12.4 Å². The van der Waals surface area contributed by atoms with E-state index in [9.17, 15) is 0 Å². The summed E-state index contributed by atoms with van der Waals surface area (Å²) in [5.74, 6) is 5.02. The maximum Gasteiger partial charge on any atom is 0.181 e. The molecule has 13 heavy (non-hydrogen) atoms. The van der Waals surface area contributed by atoms with Crippen LogP contribution < -0.4 is 11.3 Å². The molecular formula is C7H16ClFN4. The van der Waals surface area contributed by atoms with Crippen molar-refractivity contribution in [3.8, 4) is 12.1 Å². The molecule has 0 aliphatic carbocycles. The van der Waals surface area contributed by atoms with E-state index in [1.54, 1.807) is 0 Å². The first-order valence-corrected chi connectivity index (χ1v) is 3.55. The van der Waals surface area contributed by atoms with Gasteiger partial charge in [0.15, 0.2) is 12.1 Å². The van der Waals surface area contributed by atoms with Gasteiger partial charge in [-0.05, 0) is 6.42 Å². The van der Waals surface area contributed by atoms with Crippen LogP contribution in [0.15, 0.2) is 0 Å². The maximum atomic E-state index is 7.26. The second-order valence-corrected chi connectivity index (χ2v) is 1.88. The molecule has 0 saturated carbocycles. The van der Waals surface area contributed by atoms with E-state index < -0.39 is 0 Å². The lowest BCUT2D eigenvalue weighted by Crippen LogP contribution is -2.22. The number of nitriles is 2. The Morgan fingerprint density at radius 1 is 1.23 bits per heavy atom. The number of halogens is 2. The van der Waals surface area contributed by atoms with Crippen LogP contribution in [0.3, 0.4) is 0 Å².